The number of fused-ring (bicyclic) bond motifs is 1. The van der Waals surface area contributed by atoms with Gasteiger partial charge in [0.05, 0.1) is 0 Å². The Morgan fingerprint density at radius 2 is 1.88 bits per heavy atom. The number of para-hydroxylation sites is 1. The molecule has 132 valence electrons. The third-order valence-corrected chi connectivity index (χ3v) is 5.38. The molecule has 4 nitrogen and oxygen atoms in total. The fourth-order valence-electron chi connectivity index (χ4n) is 3.15. The summed E-state index contributed by atoms with van der Waals surface area (Å²) < 4.78 is 14.0. The normalized spacial score (nSPS) is 14.8. The Morgan fingerprint density at radius 3 is 2.73 bits per heavy atom. The van der Waals surface area contributed by atoms with Crippen LogP contribution in [0.4, 0.5) is 10.1 Å². The standard InChI is InChI=1S/C20H18FN3OS/c1-23-10-11-24(18-9-5-2-6-14(18)12-23)20(25)17-13-26-19(22-17)15-7-3-4-8-16(15)21/h2-9,13H,10-12H2,1H3. The molecule has 26 heavy (non-hydrogen) atoms. The fraction of sp³-hybridized carbons (Fsp3) is 0.200. The van der Waals surface area contributed by atoms with Gasteiger partial charge in [0.15, 0.2) is 0 Å². The van der Waals surface area contributed by atoms with Crippen molar-refractivity contribution in [1.29, 1.82) is 0 Å². The van der Waals surface area contributed by atoms with Crippen molar-refractivity contribution < 1.29 is 9.18 Å². The van der Waals surface area contributed by atoms with E-state index in [9.17, 15) is 9.18 Å². The van der Waals surface area contributed by atoms with Gasteiger partial charge in [-0.1, -0.05) is 30.3 Å². The first kappa shape index (κ1) is 16.9. The number of anilines is 1. The van der Waals surface area contributed by atoms with Crippen LogP contribution >= 0.6 is 11.3 Å². The van der Waals surface area contributed by atoms with E-state index >= 15 is 0 Å². The van der Waals surface area contributed by atoms with Crippen LogP contribution in [0.5, 0.6) is 0 Å². The van der Waals surface area contributed by atoms with Crippen LogP contribution in [0.25, 0.3) is 10.6 Å². The van der Waals surface area contributed by atoms with E-state index in [1.807, 2.05) is 31.3 Å². The molecule has 1 aliphatic rings. The number of amides is 1. The van der Waals surface area contributed by atoms with E-state index < -0.39 is 0 Å². The number of likely N-dealkylation sites (N-methyl/N-ethyl adjacent to an activating group) is 1. The minimum atomic E-state index is -0.331. The summed E-state index contributed by atoms with van der Waals surface area (Å²) in [5.74, 6) is -0.478. The molecule has 0 bridgehead atoms. The maximum atomic E-state index is 14.0. The van der Waals surface area contributed by atoms with Crippen molar-refractivity contribution in [2.45, 2.75) is 6.54 Å². The van der Waals surface area contributed by atoms with E-state index in [1.54, 1.807) is 28.5 Å². The van der Waals surface area contributed by atoms with Gasteiger partial charge in [0.1, 0.15) is 16.5 Å². The highest BCUT2D eigenvalue weighted by Crippen LogP contribution is 2.29. The summed E-state index contributed by atoms with van der Waals surface area (Å²) >= 11 is 1.29. The topological polar surface area (TPSA) is 36.4 Å². The molecule has 3 aromatic rings. The van der Waals surface area contributed by atoms with Crippen molar-refractivity contribution in [3.05, 3.63) is 71.0 Å². The van der Waals surface area contributed by atoms with Gasteiger partial charge in [-0.25, -0.2) is 9.37 Å². The lowest BCUT2D eigenvalue weighted by molar-refractivity contribution is 0.0982. The van der Waals surface area contributed by atoms with E-state index in [4.69, 9.17) is 0 Å². The van der Waals surface area contributed by atoms with Gasteiger partial charge < -0.3 is 9.80 Å². The molecule has 0 atom stereocenters. The lowest BCUT2D eigenvalue weighted by Crippen LogP contribution is -2.35. The second-order valence-electron chi connectivity index (χ2n) is 6.34. The molecule has 2 heterocycles. The van der Waals surface area contributed by atoms with Gasteiger partial charge in [-0.3, -0.25) is 4.79 Å². The average Bonchev–Trinajstić information content (AvgIpc) is 3.06. The second kappa shape index (κ2) is 6.97. The first-order valence-corrected chi connectivity index (χ1v) is 9.30. The lowest BCUT2D eigenvalue weighted by Gasteiger charge is -2.21. The molecule has 2 aromatic carbocycles. The zero-order valence-corrected chi connectivity index (χ0v) is 15.2. The molecule has 0 radical (unpaired) electrons. The van der Waals surface area contributed by atoms with Crippen molar-refractivity contribution in [3.8, 4) is 10.6 Å². The summed E-state index contributed by atoms with van der Waals surface area (Å²) in [7, 11) is 2.05. The second-order valence-corrected chi connectivity index (χ2v) is 7.20. The van der Waals surface area contributed by atoms with E-state index in [-0.39, 0.29) is 11.7 Å². The molecule has 4 rings (SSSR count). The van der Waals surface area contributed by atoms with E-state index in [0.29, 0.717) is 22.8 Å². The van der Waals surface area contributed by atoms with Crippen molar-refractivity contribution in [2.75, 3.05) is 25.0 Å². The van der Waals surface area contributed by atoms with Gasteiger partial charge in [0.2, 0.25) is 0 Å². The number of halogens is 1. The van der Waals surface area contributed by atoms with Crippen molar-refractivity contribution in [2.24, 2.45) is 0 Å². The number of thiazole rings is 1. The zero-order valence-electron chi connectivity index (χ0n) is 14.4. The summed E-state index contributed by atoms with van der Waals surface area (Å²) in [5.41, 5.74) is 2.81. The minimum absolute atomic E-state index is 0.147. The van der Waals surface area contributed by atoms with Crippen LogP contribution in [-0.2, 0) is 6.54 Å². The number of hydrogen-bond acceptors (Lipinski definition) is 4. The molecule has 0 fully saturated rings. The van der Waals surface area contributed by atoms with Crippen molar-refractivity contribution in [1.82, 2.24) is 9.88 Å². The Labute approximate surface area is 155 Å². The molecule has 0 spiro atoms. The number of aromatic nitrogens is 1. The summed E-state index contributed by atoms with van der Waals surface area (Å²) in [6, 6.07) is 14.4. The number of nitrogens with zero attached hydrogens (tertiary/aromatic N) is 3. The summed E-state index contributed by atoms with van der Waals surface area (Å²) in [5, 5.41) is 2.23. The van der Waals surface area contributed by atoms with Gasteiger partial charge in [-0.15, -0.1) is 11.3 Å². The lowest BCUT2D eigenvalue weighted by atomic mass is 10.1. The van der Waals surface area contributed by atoms with Crippen LogP contribution in [-0.4, -0.2) is 35.9 Å². The highest BCUT2D eigenvalue weighted by molar-refractivity contribution is 7.13. The van der Waals surface area contributed by atoms with Crippen LogP contribution in [0.1, 0.15) is 16.1 Å². The molecular formula is C20H18FN3OS. The Hall–Kier alpha value is -2.57. The molecule has 0 saturated heterocycles. The molecule has 0 aliphatic carbocycles. The highest BCUT2D eigenvalue weighted by atomic mass is 32.1. The van der Waals surface area contributed by atoms with Gasteiger partial charge in [-0.2, -0.15) is 0 Å². The maximum Gasteiger partial charge on any atom is 0.277 e. The highest BCUT2D eigenvalue weighted by Gasteiger charge is 2.25. The maximum absolute atomic E-state index is 14.0. The van der Waals surface area contributed by atoms with Gasteiger partial charge in [0, 0.05) is 36.3 Å². The minimum Gasteiger partial charge on any atom is -0.305 e. The van der Waals surface area contributed by atoms with E-state index in [2.05, 4.69) is 9.88 Å². The van der Waals surface area contributed by atoms with Crippen molar-refractivity contribution >= 4 is 22.9 Å². The third kappa shape index (κ3) is 3.13. The fourth-order valence-corrected chi connectivity index (χ4v) is 3.97. The smallest absolute Gasteiger partial charge is 0.277 e. The number of rotatable bonds is 2. The predicted octanol–water partition coefficient (Wildman–Crippen LogP) is 4.04. The first-order chi connectivity index (χ1) is 12.6. The summed E-state index contributed by atoms with van der Waals surface area (Å²) in [6.07, 6.45) is 0. The molecule has 1 aromatic heterocycles. The largest absolute Gasteiger partial charge is 0.305 e. The Morgan fingerprint density at radius 1 is 1.12 bits per heavy atom. The van der Waals surface area contributed by atoms with Crippen LogP contribution in [0.3, 0.4) is 0 Å². The SMILES string of the molecule is CN1CCN(C(=O)c2csc(-c3ccccc3F)n2)c2ccccc2C1. The van der Waals surface area contributed by atoms with E-state index in [1.165, 1.54) is 17.4 Å². The van der Waals surface area contributed by atoms with Gasteiger partial charge >= 0.3 is 0 Å². The number of carbonyl (C=O) groups is 1. The number of carbonyl (C=O) groups excluding carboxylic acids is 1. The monoisotopic (exact) mass is 367 g/mol. The summed E-state index contributed by atoms with van der Waals surface area (Å²) in [6.45, 7) is 2.18. The molecule has 0 saturated carbocycles. The number of hydrogen-bond donors (Lipinski definition) is 0. The molecule has 0 unspecified atom stereocenters. The summed E-state index contributed by atoms with van der Waals surface area (Å²) in [4.78, 5) is 21.5. The molecule has 1 aliphatic heterocycles. The van der Waals surface area contributed by atoms with Crippen LogP contribution < -0.4 is 4.90 Å². The van der Waals surface area contributed by atoms with Crippen LogP contribution in [0.2, 0.25) is 0 Å². The molecule has 6 heteroatoms. The molecule has 1 amide bonds. The van der Waals surface area contributed by atoms with Gasteiger partial charge in [0.25, 0.3) is 5.91 Å². The Kier molecular flexibility index (Phi) is 4.53. The Balaban J connectivity index is 1.67. The first-order valence-electron chi connectivity index (χ1n) is 8.42. The van der Waals surface area contributed by atoms with Crippen molar-refractivity contribution in [3.63, 3.8) is 0 Å². The molecule has 0 N–H and O–H groups in total. The number of benzene rings is 2. The van der Waals surface area contributed by atoms with Crippen LogP contribution in [0.15, 0.2) is 53.9 Å². The molecular weight excluding hydrogens is 349 g/mol. The average molecular weight is 367 g/mol. The van der Waals surface area contributed by atoms with Gasteiger partial charge in [-0.05, 0) is 30.8 Å². The predicted molar refractivity (Wildman–Crippen MR) is 102 cm³/mol. The zero-order chi connectivity index (χ0) is 18.1. The van der Waals surface area contributed by atoms with Crippen LogP contribution in [0, 0.1) is 5.82 Å². The third-order valence-electron chi connectivity index (χ3n) is 4.50. The Bertz CT molecular complexity index is 955. The van der Waals surface area contributed by atoms with E-state index in [0.717, 1.165) is 24.3 Å². The quantitative estimate of drug-likeness (QED) is 0.686.